The lowest BCUT2D eigenvalue weighted by molar-refractivity contribution is 0.0991. The fourth-order valence-corrected chi connectivity index (χ4v) is 5.49. The van der Waals surface area contributed by atoms with Crippen LogP contribution in [0.4, 0.5) is 11.5 Å². The van der Waals surface area contributed by atoms with Gasteiger partial charge in [-0.2, -0.15) is 0 Å². The largest absolute Gasteiger partial charge is 0.380 e. The molecule has 0 bridgehead atoms. The molecule has 8 heteroatoms. The minimum atomic E-state index is -3.48. The summed E-state index contributed by atoms with van der Waals surface area (Å²) in [6.45, 7) is 3.66. The number of hydrogen-bond donors (Lipinski definition) is 1. The van der Waals surface area contributed by atoms with E-state index < -0.39 is 15.1 Å². The zero-order valence-corrected chi connectivity index (χ0v) is 17.5. The van der Waals surface area contributed by atoms with Gasteiger partial charge < -0.3 is 19.7 Å². The number of ether oxygens (including phenoxy) is 2. The Balaban J connectivity index is 1.76. The van der Waals surface area contributed by atoms with Gasteiger partial charge in [0.05, 0.1) is 30.0 Å². The van der Waals surface area contributed by atoms with Crippen molar-refractivity contribution >= 4 is 21.3 Å². The van der Waals surface area contributed by atoms with Crippen LogP contribution in [0, 0.1) is 0 Å². The van der Waals surface area contributed by atoms with Gasteiger partial charge in [-0.3, -0.25) is 0 Å². The third-order valence-corrected chi connectivity index (χ3v) is 7.65. The maximum absolute atomic E-state index is 13.4. The second-order valence-electron chi connectivity index (χ2n) is 7.38. The first kappa shape index (κ1) is 20.1. The molecule has 7 nitrogen and oxygen atoms in total. The van der Waals surface area contributed by atoms with Crippen LogP contribution < -0.4 is 10.2 Å². The van der Waals surface area contributed by atoms with E-state index in [1.807, 2.05) is 25.2 Å². The Kier molecular flexibility index (Phi) is 6.03. The third-order valence-electron chi connectivity index (χ3n) is 5.51. The number of morpholine rings is 1. The van der Waals surface area contributed by atoms with Crippen LogP contribution in [0.25, 0.3) is 11.1 Å². The number of rotatable bonds is 5. The van der Waals surface area contributed by atoms with Crippen molar-refractivity contribution in [3.63, 3.8) is 0 Å². The van der Waals surface area contributed by atoms with Crippen LogP contribution in [0.5, 0.6) is 0 Å². The average molecular weight is 418 g/mol. The maximum atomic E-state index is 13.4. The zero-order chi connectivity index (χ0) is 20.3. The molecule has 1 N–H and O–H groups in total. The number of aromatic nitrogens is 1. The summed E-state index contributed by atoms with van der Waals surface area (Å²) >= 11 is 0. The highest BCUT2D eigenvalue weighted by atomic mass is 32.2. The molecule has 1 atom stereocenters. The van der Waals surface area contributed by atoms with Crippen LogP contribution >= 0.6 is 0 Å². The van der Waals surface area contributed by atoms with E-state index in [0.29, 0.717) is 31.1 Å². The molecule has 0 aliphatic carbocycles. The summed E-state index contributed by atoms with van der Waals surface area (Å²) in [5.41, 5.74) is 2.63. The first-order valence-corrected chi connectivity index (χ1v) is 11.6. The van der Waals surface area contributed by atoms with Gasteiger partial charge in [-0.15, -0.1) is 0 Å². The van der Waals surface area contributed by atoms with E-state index in [1.54, 1.807) is 18.3 Å². The lowest BCUT2D eigenvalue weighted by Crippen LogP contribution is -2.36. The molecule has 2 aliphatic rings. The second-order valence-corrected chi connectivity index (χ2v) is 9.61. The molecular formula is C21H27N3O4S. The van der Waals surface area contributed by atoms with Crippen molar-refractivity contribution in [1.29, 1.82) is 0 Å². The Bertz CT molecular complexity index is 935. The number of sulfone groups is 1. The van der Waals surface area contributed by atoms with E-state index in [2.05, 4.69) is 15.2 Å². The fraction of sp³-hybridized carbons (Fsp3) is 0.476. The van der Waals surface area contributed by atoms with Gasteiger partial charge in [0.25, 0.3) is 0 Å². The van der Waals surface area contributed by atoms with E-state index in [4.69, 9.17) is 9.47 Å². The molecule has 2 aliphatic heterocycles. The molecule has 1 aromatic carbocycles. The lowest BCUT2D eigenvalue weighted by atomic mass is 10.1. The summed E-state index contributed by atoms with van der Waals surface area (Å²) in [6, 6.07) is 9.45. The van der Waals surface area contributed by atoms with E-state index in [1.165, 1.54) is 0 Å². The van der Waals surface area contributed by atoms with Crippen LogP contribution in [0.2, 0.25) is 0 Å². The molecule has 0 unspecified atom stereocenters. The minimum absolute atomic E-state index is 0.262. The Morgan fingerprint density at radius 1 is 1.07 bits per heavy atom. The molecule has 156 valence electrons. The molecule has 2 aromatic rings. The summed E-state index contributed by atoms with van der Waals surface area (Å²) in [7, 11) is -1.66. The standard InChI is InChI=1S/C21H27N3O4S/c1-22-21-5-4-16(14-23-21)17-11-18(24-6-9-27-10-7-24)13-20(12-17)29(25,26)19-3-2-8-28-15-19/h4-5,11-14,19H,2-3,6-10,15H2,1H3,(H,22,23)/t19-/m1/s1. The van der Waals surface area contributed by atoms with Crippen LogP contribution in [0.3, 0.4) is 0 Å². The Labute approximate surface area is 172 Å². The summed E-state index contributed by atoms with van der Waals surface area (Å²) in [6.07, 6.45) is 3.18. The van der Waals surface area contributed by atoms with Gasteiger partial charge in [0.15, 0.2) is 9.84 Å². The number of benzene rings is 1. The van der Waals surface area contributed by atoms with Gasteiger partial charge in [-0.05, 0) is 48.7 Å². The highest BCUT2D eigenvalue weighted by Gasteiger charge is 2.30. The first-order chi connectivity index (χ1) is 14.1. The molecule has 4 rings (SSSR count). The fourth-order valence-electron chi connectivity index (χ4n) is 3.78. The summed E-state index contributed by atoms with van der Waals surface area (Å²) in [4.78, 5) is 6.91. The Hall–Kier alpha value is -2.16. The van der Waals surface area contributed by atoms with Gasteiger partial charge in [0, 0.05) is 44.2 Å². The van der Waals surface area contributed by atoms with Gasteiger partial charge >= 0.3 is 0 Å². The Morgan fingerprint density at radius 3 is 2.55 bits per heavy atom. The second kappa shape index (κ2) is 8.69. The smallest absolute Gasteiger partial charge is 0.183 e. The number of nitrogens with zero attached hydrogens (tertiary/aromatic N) is 2. The van der Waals surface area contributed by atoms with Crippen molar-refractivity contribution in [2.75, 3.05) is 56.8 Å². The van der Waals surface area contributed by atoms with Gasteiger partial charge in [-0.25, -0.2) is 13.4 Å². The van der Waals surface area contributed by atoms with Crippen molar-refractivity contribution < 1.29 is 17.9 Å². The molecule has 2 fully saturated rings. The average Bonchev–Trinajstić information content (AvgIpc) is 2.80. The molecule has 2 saturated heterocycles. The number of pyridine rings is 1. The molecular weight excluding hydrogens is 390 g/mol. The minimum Gasteiger partial charge on any atom is -0.380 e. The highest BCUT2D eigenvalue weighted by molar-refractivity contribution is 7.92. The maximum Gasteiger partial charge on any atom is 0.183 e. The van der Waals surface area contributed by atoms with E-state index in [0.717, 1.165) is 42.1 Å². The summed E-state index contributed by atoms with van der Waals surface area (Å²) in [5.74, 6) is 0.769. The number of anilines is 2. The third kappa shape index (κ3) is 4.39. The first-order valence-electron chi connectivity index (χ1n) is 10.0. The van der Waals surface area contributed by atoms with Crippen LogP contribution in [-0.4, -0.2) is 65.2 Å². The van der Waals surface area contributed by atoms with Crippen molar-refractivity contribution in [1.82, 2.24) is 4.98 Å². The summed E-state index contributed by atoms with van der Waals surface area (Å²) < 4.78 is 37.6. The van der Waals surface area contributed by atoms with Crippen molar-refractivity contribution in [2.24, 2.45) is 0 Å². The molecule has 29 heavy (non-hydrogen) atoms. The summed E-state index contributed by atoms with van der Waals surface area (Å²) in [5, 5.41) is 2.51. The van der Waals surface area contributed by atoms with Crippen LogP contribution in [0.15, 0.2) is 41.4 Å². The van der Waals surface area contributed by atoms with Crippen LogP contribution in [0.1, 0.15) is 12.8 Å². The topological polar surface area (TPSA) is 80.8 Å². The number of hydrogen-bond acceptors (Lipinski definition) is 7. The van der Waals surface area contributed by atoms with Crippen molar-refractivity contribution in [3.8, 4) is 11.1 Å². The SMILES string of the molecule is CNc1ccc(-c2cc(N3CCOCC3)cc(S(=O)(=O)[C@@H]3CCCOC3)c2)cn1. The quantitative estimate of drug-likeness (QED) is 0.801. The molecule has 3 heterocycles. The molecule has 0 radical (unpaired) electrons. The predicted octanol–water partition coefficient (Wildman–Crippen LogP) is 2.58. The molecule has 0 saturated carbocycles. The van der Waals surface area contributed by atoms with Gasteiger partial charge in [-0.1, -0.05) is 0 Å². The van der Waals surface area contributed by atoms with Crippen molar-refractivity contribution in [3.05, 3.63) is 36.5 Å². The van der Waals surface area contributed by atoms with Gasteiger partial charge in [0.2, 0.25) is 0 Å². The monoisotopic (exact) mass is 417 g/mol. The zero-order valence-electron chi connectivity index (χ0n) is 16.6. The van der Waals surface area contributed by atoms with E-state index in [9.17, 15) is 8.42 Å². The molecule has 1 aromatic heterocycles. The number of nitrogens with one attached hydrogen (secondary N) is 1. The molecule has 0 spiro atoms. The van der Waals surface area contributed by atoms with E-state index in [-0.39, 0.29) is 6.61 Å². The van der Waals surface area contributed by atoms with Crippen LogP contribution in [-0.2, 0) is 19.3 Å². The van der Waals surface area contributed by atoms with E-state index >= 15 is 0 Å². The van der Waals surface area contributed by atoms with Crippen molar-refractivity contribution in [2.45, 2.75) is 23.0 Å². The van der Waals surface area contributed by atoms with Gasteiger partial charge in [0.1, 0.15) is 5.82 Å². The predicted molar refractivity (Wildman–Crippen MR) is 113 cm³/mol. The molecule has 0 amide bonds. The lowest BCUT2D eigenvalue weighted by Gasteiger charge is -2.30. The normalized spacial score (nSPS) is 20.4. The Morgan fingerprint density at radius 2 is 1.90 bits per heavy atom. The highest BCUT2D eigenvalue weighted by Crippen LogP contribution is 2.32.